The van der Waals surface area contributed by atoms with Crippen molar-refractivity contribution in [2.75, 3.05) is 29.4 Å². The number of β-lactam (4-membered cyclic amide) rings is 1. The largest absolute Gasteiger partial charge is 0.477 e. The van der Waals surface area contributed by atoms with Crippen LogP contribution in [0.4, 0.5) is 5.13 Å². The zero-order valence-electron chi connectivity index (χ0n) is 17.2. The molecule has 4 N–H and O–H groups in total. The highest BCUT2D eigenvalue weighted by molar-refractivity contribution is 8.01. The normalized spacial score (nSPS) is 20.1. The summed E-state index contributed by atoms with van der Waals surface area (Å²) in [6.07, 6.45) is 1.80. The van der Waals surface area contributed by atoms with Crippen molar-refractivity contribution < 1.29 is 24.3 Å². The van der Waals surface area contributed by atoms with Crippen LogP contribution in [-0.4, -0.2) is 88.2 Å². The molecule has 1 unspecified atom stereocenters. The summed E-state index contributed by atoms with van der Waals surface area (Å²) in [5, 5.41) is 23.5. The number of aromatic nitrogens is 4. The van der Waals surface area contributed by atoms with Gasteiger partial charge in [0.25, 0.3) is 11.8 Å². The highest BCUT2D eigenvalue weighted by Gasteiger charge is 2.54. The molecule has 18 heteroatoms. The number of hydrogen-bond acceptors (Lipinski definition) is 15. The number of nitrogens with zero attached hydrogens (tertiary/aromatic N) is 6. The number of anilines is 1. The number of carboxylic acid groups (broad SMARTS) is 1. The monoisotopic (exact) mass is 560 g/mol. The van der Waals surface area contributed by atoms with Crippen molar-refractivity contribution in [2.45, 2.75) is 15.8 Å². The number of carbonyl (C=O) groups excluding carboxylic acids is 2. The first-order valence-electron chi connectivity index (χ1n) is 9.29. The molecule has 2 aliphatic heterocycles. The molecular formula is C16H16N8O5S5. The molecule has 4 heterocycles. The standard InChI is InChI=1S/C16H16N8O5S5/c1-30-5-29-22-7(10-20-15(17)34-23-10)11(25)19-8-12(26)24-9(14(27)28)6(2-31-13(8)24)3-32-16-21-18-4-33-16/h4,8,13H,2-3,5H2,1H3,(H,19,25)(H,27,28)(H2,17,20,23)/t8?,13-/m0/s1. The van der Waals surface area contributed by atoms with Crippen LogP contribution in [-0.2, 0) is 19.2 Å². The molecule has 0 spiro atoms. The Balaban J connectivity index is 1.49. The van der Waals surface area contributed by atoms with E-state index in [0.29, 0.717) is 21.4 Å². The average Bonchev–Trinajstić information content (AvgIpc) is 3.49. The Morgan fingerprint density at radius 3 is 2.94 bits per heavy atom. The second-order valence-corrected chi connectivity index (χ2v) is 11.3. The van der Waals surface area contributed by atoms with E-state index in [1.807, 2.05) is 0 Å². The summed E-state index contributed by atoms with van der Waals surface area (Å²) in [7, 11) is 0. The number of carbonyl (C=O) groups is 3. The summed E-state index contributed by atoms with van der Waals surface area (Å²) in [5.41, 5.74) is 7.51. The number of oxime groups is 1. The van der Waals surface area contributed by atoms with Gasteiger partial charge in [0.2, 0.25) is 11.5 Å². The number of carboxylic acids is 1. The number of rotatable bonds is 10. The second-order valence-electron chi connectivity index (χ2n) is 6.54. The molecule has 180 valence electrons. The maximum Gasteiger partial charge on any atom is 0.352 e. The Morgan fingerprint density at radius 2 is 2.29 bits per heavy atom. The van der Waals surface area contributed by atoms with E-state index in [1.165, 1.54) is 51.5 Å². The SMILES string of the molecule is CSCON=C(C(=O)NC1C(=O)N2C(C(=O)O)=C(CSc3nncs3)CS[C@@H]12)c1nsc(N)n1. The van der Waals surface area contributed by atoms with Crippen LogP contribution < -0.4 is 11.1 Å². The van der Waals surface area contributed by atoms with Gasteiger partial charge in [-0.1, -0.05) is 28.3 Å². The van der Waals surface area contributed by atoms with E-state index in [1.54, 1.807) is 11.8 Å². The van der Waals surface area contributed by atoms with Crippen LogP contribution in [0.15, 0.2) is 26.3 Å². The predicted molar refractivity (Wildman–Crippen MR) is 131 cm³/mol. The van der Waals surface area contributed by atoms with Crippen molar-refractivity contribution in [3.05, 3.63) is 22.6 Å². The lowest BCUT2D eigenvalue weighted by molar-refractivity contribution is -0.150. The molecule has 1 fully saturated rings. The number of fused-ring (bicyclic) bond motifs is 1. The van der Waals surface area contributed by atoms with Gasteiger partial charge in [-0.25, -0.2) is 4.79 Å². The topological polar surface area (TPSA) is 186 Å². The lowest BCUT2D eigenvalue weighted by atomic mass is 10.0. The molecule has 34 heavy (non-hydrogen) atoms. The van der Waals surface area contributed by atoms with Crippen molar-refractivity contribution in [1.82, 2.24) is 29.8 Å². The minimum Gasteiger partial charge on any atom is -0.477 e. The Bertz CT molecular complexity index is 1150. The third kappa shape index (κ3) is 5.14. The van der Waals surface area contributed by atoms with Crippen molar-refractivity contribution in [2.24, 2.45) is 5.16 Å². The molecule has 2 aromatic heterocycles. The predicted octanol–water partition coefficient (Wildman–Crippen LogP) is 0.544. The van der Waals surface area contributed by atoms with Crippen LogP contribution >= 0.6 is 58.2 Å². The third-order valence-electron chi connectivity index (χ3n) is 4.44. The van der Waals surface area contributed by atoms with Crippen LogP contribution in [0.1, 0.15) is 5.82 Å². The summed E-state index contributed by atoms with van der Waals surface area (Å²) < 4.78 is 4.69. The summed E-state index contributed by atoms with van der Waals surface area (Å²) in [6, 6.07) is -0.939. The first-order chi connectivity index (χ1) is 16.4. The third-order valence-corrected chi connectivity index (χ3v) is 8.61. The maximum atomic E-state index is 12.9. The fourth-order valence-corrected chi connectivity index (χ4v) is 6.60. The Hall–Kier alpha value is -2.41. The fourth-order valence-electron chi connectivity index (χ4n) is 3.04. The molecule has 13 nitrogen and oxygen atoms in total. The molecule has 2 aliphatic rings. The number of nitrogens with two attached hydrogens (primary N) is 1. The van der Waals surface area contributed by atoms with Crippen LogP contribution in [0.2, 0.25) is 0 Å². The van der Waals surface area contributed by atoms with E-state index in [9.17, 15) is 19.5 Å². The van der Waals surface area contributed by atoms with Gasteiger partial charge in [-0.15, -0.1) is 33.7 Å². The van der Waals surface area contributed by atoms with Crippen molar-refractivity contribution in [3.63, 3.8) is 0 Å². The van der Waals surface area contributed by atoms with Crippen LogP contribution in [0.3, 0.4) is 0 Å². The molecule has 0 aliphatic carbocycles. The van der Waals surface area contributed by atoms with Gasteiger partial charge in [0.05, 0.1) is 0 Å². The van der Waals surface area contributed by atoms with Gasteiger partial charge in [-0.05, 0) is 11.8 Å². The van der Waals surface area contributed by atoms with Gasteiger partial charge >= 0.3 is 5.97 Å². The van der Waals surface area contributed by atoms with Gasteiger partial charge in [-0.2, -0.15) is 9.36 Å². The Kier molecular flexibility index (Phi) is 7.91. The zero-order valence-corrected chi connectivity index (χ0v) is 21.3. The van der Waals surface area contributed by atoms with E-state index < -0.39 is 29.2 Å². The highest BCUT2D eigenvalue weighted by atomic mass is 32.2. The lowest BCUT2D eigenvalue weighted by Crippen LogP contribution is -2.71. The molecule has 0 bridgehead atoms. The summed E-state index contributed by atoms with van der Waals surface area (Å²) in [5.74, 6) is -1.55. The number of hydrogen-bond donors (Lipinski definition) is 3. The summed E-state index contributed by atoms with van der Waals surface area (Å²) >= 11 is 6.31. The molecule has 2 amide bonds. The van der Waals surface area contributed by atoms with Crippen LogP contribution in [0.5, 0.6) is 0 Å². The average molecular weight is 561 g/mol. The van der Waals surface area contributed by atoms with Gasteiger partial charge < -0.3 is 21.0 Å². The van der Waals surface area contributed by atoms with Gasteiger partial charge in [-0.3, -0.25) is 14.5 Å². The first kappa shape index (κ1) is 24.7. The van der Waals surface area contributed by atoms with Crippen molar-refractivity contribution >= 4 is 86.8 Å². The Morgan fingerprint density at radius 1 is 1.47 bits per heavy atom. The van der Waals surface area contributed by atoms with E-state index in [2.05, 4.69) is 30.0 Å². The molecule has 2 aromatic rings. The number of aliphatic carboxylic acids is 1. The van der Waals surface area contributed by atoms with Gasteiger partial charge in [0.15, 0.2) is 15.4 Å². The van der Waals surface area contributed by atoms with Crippen LogP contribution in [0, 0.1) is 0 Å². The van der Waals surface area contributed by atoms with Gasteiger partial charge in [0, 0.05) is 23.0 Å². The molecule has 0 aromatic carbocycles. The molecular weight excluding hydrogens is 545 g/mol. The quantitative estimate of drug-likeness (QED) is 0.0914. The fraction of sp³-hybridized carbons (Fsp3) is 0.375. The first-order valence-corrected chi connectivity index (χ1v) is 14.4. The second kappa shape index (κ2) is 10.9. The smallest absolute Gasteiger partial charge is 0.352 e. The lowest BCUT2D eigenvalue weighted by Gasteiger charge is -2.49. The van der Waals surface area contributed by atoms with Crippen LogP contribution in [0.25, 0.3) is 0 Å². The van der Waals surface area contributed by atoms with E-state index in [0.717, 1.165) is 11.5 Å². The molecule has 4 rings (SSSR count). The molecule has 0 radical (unpaired) electrons. The molecule has 0 saturated carbocycles. The molecule has 1 saturated heterocycles. The Labute approximate surface area is 213 Å². The van der Waals surface area contributed by atoms with E-state index >= 15 is 0 Å². The zero-order chi connectivity index (χ0) is 24.2. The van der Waals surface area contributed by atoms with Crippen molar-refractivity contribution in [3.8, 4) is 0 Å². The maximum absolute atomic E-state index is 12.9. The molecule has 2 atom stereocenters. The number of nitrogen functional groups attached to an aromatic ring is 1. The van der Waals surface area contributed by atoms with E-state index in [4.69, 9.17) is 10.6 Å². The summed E-state index contributed by atoms with van der Waals surface area (Å²) in [6.45, 7) is 0. The van der Waals surface area contributed by atoms with E-state index in [-0.39, 0.29) is 28.3 Å². The van der Waals surface area contributed by atoms with Gasteiger partial charge in [0.1, 0.15) is 22.6 Å². The van der Waals surface area contributed by atoms with Crippen molar-refractivity contribution in [1.29, 1.82) is 0 Å². The number of amides is 2. The number of nitrogens with one attached hydrogen (secondary N) is 1. The minimum absolute atomic E-state index is 0.0249. The highest BCUT2D eigenvalue weighted by Crippen LogP contribution is 2.41. The minimum atomic E-state index is -1.20. The summed E-state index contributed by atoms with van der Waals surface area (Å²) in [4.78, 5) is 48.1. The number of thioether (sulfide) groups is 3.